The molecule has 108 valence electrons. The van der Waals surface area contributed by atoms with Gasteiger partial charge in [0, 0.05) is 24.9 Å². The summed E-state index contributed by atoms with van der Waals surface area (Å²) in [5.74, 6) is 0.661. The maximum Gasteiger partial charge on any atom is 0.147 e. The summed E-state index contributed by atoms with van der Waals surface area (Å²) in [5.41, 5.74) is 1.53. The van der Waals surface area contributed by atoms with Crippen LogP contribution in [0.5, 0.6) is 0 Å². The molecule has 0 aliphatic carbocycles. The lowest BCUT2D eigenvalue weighted by atomic mass is 10.1. The molecular formula is C16H22FN3. The number of nitrogens with zero attached hydrogens (tertiary/aromatic N) is 2. The van der Waals surface area contributed by atoms with Gasteiger partial charge in [0.25, 0.3) is 0 Å². The maximum atomic E-state index is 14.3. The van der Waals surface area contributed by atoms with E-state index >= 15 is 0 Å². The third kappa shape index (κ3) is 3.07. The Bertz CT molecular complexity index is 563. The zero-order chi connectivity index (χ0) is 14.5. The summed E-state index contributed by atoms with van der Waals surface area (Å²) in [5, 5.41) is 3.37. The number of nitrogens with one attached hydrogen (secondary N) is 1. The lowest BCUT2D eigenvalue weighted by molar-refractivity contribution is 0.560. The van der Waals surface area contributed by atoms with Gasteiger partial charge in [0.2, 0.25) is 0 Å². The van der Waals surface area contributed by atoms with Gasteiger partial charge in [-0.05, 0) is 37.6 Å². The Hall–Kier alpha value is -1.68. The third-order valence-corrected chi connectivity index (χ3v) is 3.47. The van der Waals surface area contributed by atoms with E-state index < -0.39 is 0 Å². The van der Waals surface area contributed by atoms with Gasteiger partial charge in [0.1, 0.15) is 11.6 Å². The highest BCUT2D eigenvalue weighted by Gasteiger charge is 2.11. The van der Waals surface area contributed by atoms with Crippen molar-refractivity contribution in [1.82, 2.24) is 14.9 Å². The number of benzene rings is 1. The van der Waals surface area contributed by atoms with Gasteiger partial charge >= 0.3 is 0 Å². The molecule has 4 heteroatoms. The third-order valence-electron chi connectivity index (χ3n) is 3.47. The number of aromatic nitrogens is 2. The normalized spacial score (nSPS) is 12.6. The molecule has 0 bridgehead atoms. The van der Waals surface area contributed by atoms with Gasteiger partial charge in [-0.15, -0.1) is 0 Å². The van der Waals surface area contributed by atoms with E-state index in [1.165, 1.54) is 0 Å². The van der Waals surface area contributed by atoms with E-state index in [-0.39, 0.29) is 11.9 Å². The van der Waals surface area contributed by atoms with Crippen LogP contribution in [-0.4, -0.2) is 16.1 Å². The molecule has 0 fully saturated rings. The van der Waals surface area contributed by atoms with Gasteiger partial charge in [0.15, 0.2) is 0 Å². The minimum absolute atomic E-state index is 0.159. The molecule has 3 nitrogen and oxygen atoms in total. The topological polar surface area (TPSA) is 29.9 Å². The standard InChI is InChI=1S/C16H22FN3/c1-4-8-18-12(3)13-6-7-15(14(17)11-13)20-10-9-19-16(20)5-2/h6-7,9-12,18H,4-5,8H2,1-3H3. The fourth-order valence-electron chi connectivity index (χ4n) is 2.28. The van der Waals surface area contributed by atoms with E-state index in [4.69, 9.17) is 0 Å². The Morgan fingerprint density at radius 3 is 2.80 bits per heavy atom. The zero-order valence-corrected chi connectivity index (χ0v) is 12.4. The molecule has 0 saturated heterocycles. The van der Waals surface area contributed by atoms with Crippen molar-refractivity contribution in [2.75, 3.05) is 6.54 Å². The van der Waals surface area contributed by atoms with Gasteiger partial charge in [-0.1, -0.05) is 19.9 Å². The van der Waals surface area contributed by atoms with Crippen LogP contribution in [0.25, 0.3) is 5.69 Å². The second-order valence-electron chi connectivity index (χ2n) is 4.95. The molecule has 0 aliphatic rings. The molecular weight excluding hydrogens is 253 g/mol. The number of imidazole rings is 1. The van der Waals surface area contributed by atoms with Crippen LogP contribution in [0.4, 0.5) is 4.39 Å². The average molecular weight is 275 g/mol. The summed E-state index contributed by atoms with van der Waals surface area (Å²) >= 11 is 0. The second kappa shape index (κ2) is 6.66. The van der Waals surface area contributed by atoms with Crippen molar-refractivity contribution < 1.29 is 4.39 Å². The smallest absolute Gasteiger partial charge is 0.147 e. The van der Waals surface area contributed by atoms with Crippen LogP contribution < -0.4 is 5.32 Å². The monoisotopic (exact) mass is 275 g/mol. The highest BCUT2D eigenvalue weighted by Crippen LogP contribution is 2.20. The van der Waals surface area contributed by atoms with E-state index in [9.17, 15) is 4.39 Å². The minimum atomic E-state index is -0.208. The fourth-order valence-corrected chi connectivity index (χ4v) is 2.28. The molecule has 0 amide bonds. The Morgan fingerprint density at radius 1 is 1.35 bits per heavy atom. The second-order valence-corrected chi connectivity index (χ2v) is 4.95. The molecule has 1 heterocycles. The predicted octanol–water partition coefficient (Wildman–Crippen LogP) is 3.63. The van der Waals surface area contributed by atoms with Crippen LogP contribution in [0.1, 0.15) is 44.6 Å². The molecule has 1 aromatic heterocycles. The average Bonchev–Trinajstić information content (AvgIpc) is 2.92. The van der Waals surface area contributed by atoms with E-state index in [0.717, 1.165) is 30.8 Å². The predicted molar refractivity (Wildman–Crippen MR) is 79.6 cm³/mol. The van der Waals surface area contributed by atoms with Gasteiger partial charge in [-0.2, -0.15) is 0 Å². The van der Waals surface area contributed by atoms with Gasteiger partial charge in [-0.25, -0.2) is 9.37 Å². The first-order valence-corrected chi connectivity index (χ1v) is 7.22. The van der Waals surface area contributed by atoms with Crippen molar-refractivity contribution >= 4 is 0 Å². The summed E-state index contributed by atoms with van der Waals surface area (Å²) in [6.45, 7) is 7.13. The minimum Gasteiger partial charge on any atom is -0.310 e. The van der Waals surface area contributed by atoms with Crippen molar-refractivity contribution in [2.45, 2.75) is 39.7 Å². The van der Waals surface area contributed by atoms with E-state index in [1.807, 2.05) is 23.6 Å². The summed E-state index contributed by atoms with van der Waals surface area (Å²) in [7, 11) is 0. The molecule has 0 radical (unpaired) electrons. The number of hydrogen-bond donors (Lipinski definition) is 1. The first-order chi connectivity index (χ1) is 9.67. The first kappa shape index (κ1) is 14.7. The van der Waals surface area contributed by atoms with Crippen LogP contribution in [0.15, 0.2) is 30.6 Å². The molecule has 1 unspecified atom stereocenters. The lowest BCUT2D eigenvalue weighted by Crippen LogP contribution is -2.19. The van der Waals surface area contributed by atoms with Crippen LogP contribution in [0, 0.1) is 5.82 Å². The van der Waals surface area contributed by atoms with Crippen molar-refractivity contribution in [1.29, 1.82) is 0 Å². The summed E-state index contributed by atoms with van der Waals surface area (Å²) in [6.07, 6.45) is 5.36. The number of halogens is 1. The summed E-state index contributed by atoms with van der Waals surface area (Å²) in [4.78, 5) is 4.23. The summed E-state index contributed by atoms with van der Waals surface area (Å²) in [6, 6.07) is 5.58. The SMILES string of the molecule is CCCNC(C)c1ccc(-n2ccnc2CC)c(F)c1. The van der Waals surface area contributed by atoms with Crippen LogP contribution in [0.3, 0.4) is 0 Å². The first-order valence-electron chi connectivity index (χ1n) is 7.22. The largest absolute Gasteiger partial charge is 0.310 e. The van der Waals surface area contributed by atoms with E-state index in [0.29, 0.717) is 5.69 Å². The quantitative estimate of drug-likeness (QED) is 0.872. The van der Waals surface area contributed by atoms with Crippen LogP contribution in [0.2, 0.25) is 0 Å². The zero-order valence-electron chi connectivity index (χ0n) is 12.4. The Balaban J connectivity index is 2.26. The summed E-state index contributed by atoms with van der Waals surface area (Å²) < 4.78 is 16.1. The molecule has 2 rings (SSSR count). The highest BCUT2D eigenvalue weighted by atomic mass is 19.1. The van der Waals surface area contributed by atoms with Crippen molar-refractivity contribution in [3.05, 3.63) is 47.8 Å². The molecule has 1 aromatic carbocycles. The molecule has 0 aliphatic heterocycles. The number of hydrogen-bond acceptors (Lipinski definition) is 2. The van der Waals surface area contributed by atoms with E-state index in [2.05, 4.69) is 24.1 Å². The van der Waals surface area contributed by atoms with Crippen LogP contribution in [-0.2, 0) is 6.42 Å². The maximum absolute atomic E-state index is 14.3. The number of rotatable bonds is 6. The van der Waals surface area contributed by atoms with Gasteiger partial charge in [-0.3, -0.25) is 0 Å². The molecule has 20 heavy (non-hydrogen) atoms. The molecule has 1 N–H and O–H groups in total. The van der Waals surface area contributed by atoms with Crippen molar-refractivity contribution in [2.24, 2.45) is 0 Å². The van der Waals surface area contributed by atoms with Crippen molar-refractivity contribution in [3.8, 4) is 5.69 Å². The Morgan fingerprint density at radius 2 is 2.15 bits per heavy atom. The van der Waals surface area contributed by atoms with Crippen LogP contribution >= 0.6 is 0 Å². The Labute approximate surface area is 119 Å². The molecule has 0 spiro atoms. The van der Waals surface area contributed by atoms with Gasteiger partial charge < -0.3 is 9.88 Å². The molecule has 0 saturated carbocycles. The lowest BCUT2D eigenvalue weighted by Gasteiger charge is -2.15. The molecule has 2 aromatic rings. The van der Waals surface area contributed by atoms with Crippen molar-refractivity contribution in [3.63, 3.8) is 0 Å². The Kier molecular flexibility index (Phi) is 4.90. The number of aryl methyl sites for hydroxylation is 1. The highest BCUT2D eigenvalue weighted by molar-refractivity contribution is 5.38. The van der Waals surface area contributed by atoms with E-state index in [1.54, 1.807) is 18.5 Å². The molecule has 1 atom stereocenters. The fraction of sp³-hybridized carbons (Fsp3) is 0.438. The van der Waals surface area contributed by atoms with Gasteiger partial charge in [0.05, 0.1) is 5.69 Å².